The zero-order valence-electron chi connectivity index (χ0n) is 21.0. The number of hydrogen-bond donors (Lipinski definition) is 1. The van der Waals surface area contributed by atoms with E-state index in [0.717, 1.165) is 36.9 Å². The second-order valence-electron chi connectivity index (χ2n) is 9.45. The molecule has 5 rings (SSSR count). The number of halogens is 1. The Morgan fingerprint density at radius 3 is 2.61 bits per heavy atom. The van der Waals surface area contributed by atoms with Crippen molar-refractivity contribution in [1.29, 1.82) is 0 Å². The van der Waals surface area contributed by atoms with E-state index in [0.29, 0.717) is 22.8 Å². The Kier molecular flexibility index (Phi) is 7.62. The Morgan fingerprint density at radius 1 is 1.13 bits per heavy atom. The van der Waals surface area contributed by atoms with E-state index in [-0.39, 0.29) is 30.9 Å². The van der Waals surface area contributed by atoms with Gasteiger partial charge in [0.2, 0.25) is 17.6 Å². The van der Waals surface area contributed by atoms with Crippen LogP contribution in [0.25, 0.3) is 11.6 Å². The zero-order chi connectivity index (χ0) is 26.5. The molecule has 0 aliphatic heterocycles. The summed E-state index contributed by atoms with van der Waals surface area (Å²) in [6.07, 6.45) is 6.48. The number of aryl methyl sites for hydroxylation is 1. The van der Waals surface area contributed by atoms with E-state index in [1.807, 2.05) is 0 Å². The average molecular weight is 521 g/mol. The van der Waals surface area contributed by atoms with E-state index in [1.165, 1.54) is 35.4 Å². The first-order chi connectivity index (χ1) is 18.5. The lowest BCUT2D eigenvalue weighted by Crippen LogP contribution is -2.47. The molecule has 1 atom stereocenters. The molecule has 1 aromatic carbocycles. The summed E-state index contributed by atoms with van der Waals surface area (Å²) in [5, 5.41) is 15.4. The molecule has 1 N–H and O–H groups in total. The van der Waals surface area contributed by atoms with Crippen LogP contribution in [0.15, 0.2) is 63.6 Å². The van der Waals surface area contributed by atoms with Gasteiger partial charge in [-0.15, -0.1) is 10.2 Å². The minimum absolute atomic E-state index is 0.0187. The van der Waals surface area contributed by atoms with E-state index in [2.05, 4.69) is 20.7 Å². The van der Waals surface area contributed by atoms with Crippen molar-refractivity contribution in [2.75, 3.05) is 0 Å². The predicted molar refractivity (Wildman–Crippen MR) is 134 cm³/mol. The first-order valence-corrected chi connectivity index (χ1v) is 12.7. The van der Waals surface area contributed by atoms with Crippen LogP contribution >= 0.6 is 0 Å². The summed E-state index contributed by atoms with van der Waals surface area (Å²) >= 11 is 0. The minimum Gasteiger partial charge on any atom is -0.467 e. The zero-order valence-corrected chi connectivity index (χ0v) is 21.0. The summed E-state index contributed by atoms with van der Waals surface area (Å²) in [7, 11) is 0. The molecule has 11 heteroatoms. The summed E-state index contributed by atoms with van der Waals surface area (Å²) in [5.74, 6) is 0.670. The monoisotopic (exact) mass is 520 g/mol. The molecule has 0 spiro atoms. The van der Waals surface area contributed by atoms with Gasteiger partial charge in [0, 0.05) is 6.04 Å². The number of tetrazole rings is 1. The Morgan fingerprint density at radius 2 is 1.92 bits per heavy atom. The fraction of sp³-hybridized carbons (Fsp3) is 0.370. The van der Waals surface area contributed by atoms with E-state index < -0.39 is 17.8 Å². The standard InChI is InChI=1S/C27H29FN6O4/c1-18-9-14-23(38-18)26-30-32-34(31-26)17-24(35)33(16-22-8-5-15-37-22)25(19-10-12-20(28)13-11-19)27(36)29-21-6-3-2-4-7-21/h5,8-15,21,25H,2-4,6-7,16-17H2,1H3,(H,29,36)/t25-/m0/s1. The topological polar surface area (TPSA) is 119 Å². The van der Waals surface area contributed by atoms with E-state index in [4.69, 9.17) is 8.83 Å². The van der Waals surface area contributed by atoms with Gasteiger partial charge in [-0.3, -0.25) is 9.59 Å². The normalized spacial score (nSPS) is 14.8. The number of carbonyl (C=O) groups excluding carboxylic acids is 2. The van der Waals surface area contributed by atoms with Crippen molar-refractivity contribution in [3.63, 3.8) is 0 Å². The van der Waals surface area contributed by atoms with Crippen molar-refractivity contribution in [2.24, 2.45) is 0 Å². The molecule has 0 bridgehead atoms. The van der Waals surface area contributed by atoms with Gasteiger partial charge in [0.05, 0.1) is 12.8 Å². The van der Waals surface area contributed by atoms with Crippen LogP contribution in [0.2, 0.25) is 0 Å². The molecular formula is C27H29FN6O4. The minimum atomic E-state index is -1.02. The maximum atomic E-state index is 13.8. The molecular weight excluding hydrogens is 491 g/mol. The maximum Gasteiger partial charge on any atom is 0.247 e. The Balaban J connectivity index is 1.44. The number of benzene rings is 1. The fourth-order valence-electron chi connectivity index (χ4n) is 4.71. The molecule has 1 fully saturated rings. The molecule has 1 saturated carbocycles. The van der Waals surface area contributed by atoms with Gasteiger partial charge in [-0.25, -0.2) is 4.39 Å². The smallest absolute Gasteiger partial charge is 0.247 e. The largest absolute Gasteiger partial charge is 0.467 e. The second-order valence-corrected chi connectivity index (χ2v) is 9.45. The molecule has 0 unspecified atom stereocenters. The number of rotatable bonds is 9. The van der Waals surface area contributed by atoms with Crippen molar-refractivity contribution in [1.82, 2.24) is 30.4 Å². The highest BCUT2D eigenvalue weighted by Gasteiger charge is 2.34. The van der Waals surface area contributed by atoms with Crippen LogP contribution in [0.1, 0.15) is 55.2 Å². The molecule has 1 aliphatic carbocycles. The molecule has 3 aromatic heterocycles. The maximum absolute atomic E-state index is 13.8. The van der Waals surface area contributed by atoms with Gasteiger partial charge in [-0.05, 0) is 66.9 Å². The number of aromatic nitrogens is 4. The van der Waals surface area contributed by atoms with Crippen molar-refractivity contribution in [2.45, 2.75) is 64.2 Å². The molecule has 10 nitrogen and oxygen atoms in total. The Hall–Kier alpha value is -4.28. The number of hydrogen-bond acceptors (Lipinski definition) is 7. The van der Waals surface area contributed by atoms with Crippen molar-refractivity contribution < 1.29 is 22.8 Å². The average Bonchev–Trinajstić information content (AvgIpc) is 3.68. The molecule has 38 heavy (non-hydrogen) atoms. The van der Waals surface area contributed by atoms with Crippen molar-refractivity contribution in [3.8, 4) is 11.6 Å². The highest BCUT2D eigenvalue weighted by molar-refractivity contribution is 5.88. The third-order valence-corrected chi connectivity index (χ3v) is 6.61. The molecule has 1 aliphatic rings. The third-order valence-electron chi connectivity index (χ3n) is 6.61. The number of nitrogens with one attached hydrogen (secondary N) is 1. The number of nitrogens with zero attached hydrogens (tertiary/aromatic N) is 5. The summed E-state index contributed by atoms with van der Waals surface area (Å²) in [4.78, 5) is 30.0. The first-order valence-electron chi connectivity index (χ1n) is 12.7. The Bertz CT molecular complexity index is 1360. The second kappa shape index (κ2) is 11.4. The van der Waals surface area contributed by atoms with Gasteiger partial charge < -0.3 is 19.1 Å². The van der Waals surface area contributed by atoms with E-state index in [1.54, 1.807) is 31.2 Å². The van der Waals surface area contributed by atoms with Crippen LogP contribution in [0.3, 0.4) is 0 Å². The molecule has 3 heterocycles. The van der Waals surface area contributed by atoms with Crippen LogP contribution in [-0.4, -0.2) is 43.0 Å². The lowest BCUT2D eigenvalue weighted by atomic mass is 9.94. The summed E-state index contributed by atoms with van der Waals surface area (Å²) in [6.45, 7) is 1.55. The van der Waals surface area contributed by atoms with Gasteiger partial charge in [0.1, 0.15) is 29.9 Å². The van der Waals surface area contributed by atoms with Crippen LogP contribution in [0.5, 0.6) is 0 Å². The predicted octanol–water partition coefficient (Wildman–Crippen LogP) is 4.19. The van der Waals surface area contributed by atoms with Crippen LogP contribution < -0.4 is 5.32 Å². The summed E-state index contributed by atoms with van der Waals surface area (Å²) in [5.41, 5.74) is 0.484. The van der Waals surface area contributed by atoms with Gasteiger partial charge in [0.15, 0.2) is 5.76 Å². The van der Waals surface area contributed by atoms with Crippen LogP contribution in [-0.2, 0) is 22.7 Å². The van der Waals surface area contributed by atoms with Crippen LogP contribution in [0.4, 0.5) is 4.39 Å². The SMILES string of the molecule is Cc1ccc(-c2nnn(CC(=O)N(Cc3ccco3)[C@H](C(=O)NC3CCCCC3)c3ccc(F)cc3)n2)o1. The molecule has 0 radical (unpaired) electrons. The van der Waals surface area contributed by atoms with E-state index in [9.17, 15) is 14.0 Å². The van der Waals surface area contributed by atoms with Crippen LogP contribution in [0, 0.1) is 12.7 Å². The summed E-state index contributed by atoms with van der Waals surface area (Å²) < 4.78 is 24.8. The summed E-state index contributed by atoms with van der Waals surface area (Å²) in [6, 6.07) is 11.6. The van der Waals surface area contributed by atoms with Crippen molar-refractivity contribution in [3.05, 3.63) is 77.7 Å². The quantitative estimate of drug-likeness (QED) is 0.351. The molecule has 2 amide bonds. The molecule has 4 aromatic rings. The van der Waals surface area contributed by atoms with Gasteiger partial charge in [-0.1, -0.05) is 31.4 Å². The van der Waals surface area contributed by atoms with Gasteiger partial charge >= 0.3 is 0 Å². The molecule has 0 saturated heterocycles. The number of amides is 2. The Labute approximate surface area is 218 Å². The van der Waals surface area contributed by atoms with Gasteiger partial charge in [-0.2, -0.15) is 4.80 Å². The molecule has 198 valence electrons. The number of furan rings is 2. The fourth-order valence-corrected chi connectivity index (χ4v) is 4.71. The third kappa shape index (κ3) is 5.99. The lowest BCUT2D eigenvalue weighted by molar-refractivity contribution is -0.143. The lowest BCUT2D eigenvalue weighted by Gasteiger charge is -2.33. The van der Waals surface area contributed by atoms with Gasteiger partial charge in [0.25, 0.3) is 0 Å². The highest BCUT2D eigenvalue weighted by atomic mass is 19.1. The van der Waals surface area contributed by atoms with Crippen molar-refractivity contribution >= 4 is 11.8 Å². The first kappa shape index (κ1) is 25.4. The van der Waals surface area contributed by atoms with E-state index >= 15 is 0 Å². The highest BCUT2D eigenvalue weighted by Crippen LogP contribution is 2.27. The number of carbonyl (C=O) groups is 2.